The molecule has 0 saturated heterocycles. The first-order valence-corrected chi connectivity index (χ1v) is 12.5. The zero-order chi connectivity index (χ0) is 21.6. The van der Waals surface area contributed by atoms with Gasteiger partial charge in [-0.25, -0.2) is 15.0 Å². The van der Waals surface area contributed by atoms with Gasteiger partial charge in [0.25, 0.3) is 0 Å². The SMILES string of the molecule is CC[C@H](CO)Nc1nc(SC)nc2c1sc1nc(C(C)C)c3c(c12)CC(C)(C)OC3. The van der Waals surface area contributed by atoms with E-state index in [2.05, 4.69) is 39.9 Å². The number of pyridine rings is 1. The van der Waals surface area contributed by atoms with Crippen molar-refractivity contribution in [3.8, 4) is 0 Å². The molecule has 0 unspecified atom stereocenters. The van der Waals surface area contributed by atoms with E-state index >= 15 is 0 Å². The van der Waals surface area contributed by atoms with Gasteiger partial charge in [0.15, 0.2) is 5.16 Å². The summed E-state index contributed by atoms with van der Waals surface area (Å²) in [5.41, 5.74) is 4.40. The molecule has 0 amide bonds. The summed E-state index contributed by atoms with van der Waals surface area (Å²) >= 11 is 3.18. The van der Waals surface area contributed by atoms with Crippen LogP contribution in [0.3, 0.4) is 0 Å². The number of rotatable bonds is 6. The van der Waals surface area contributed by atoms with E-state index < -0.39 is 0 Å². The average Bonchev–Trinajstić information content (AvgIpc) is 3.09. The molecule has 0 saturated carbocycles. The number of fused-ring (bicyclic) bond motifs is 5. The molecule has 0 aromatic carbocycles. The number of nitrogens with one attached hydrogen (secondary N) is 1. The molecule has 6 nitrogen and oxygen atoms in total. The van der Waals surface area contributed by atoms with E-state index in [9.17, 15) is 5.11 Å². The third kappa shape index (κ3) is 3.79. The van der Waals surface area contributed by atoms with Crippen molar-refractivity contribution in [1.29, 1.82) is 0 Å². The normalized spacial score (nSPS) is 16.9. The van der Waals surface area contributed by atoms with Crippen LogP contribution in [0.1, 0.15) is 63.8 Å². The molecule has 1 aliphatic rings. The van der Waals surface area contributed by atoms with Crippen LogP contribution in [-0.2, 0) is 17.8 Å². The largest absolute Gasteiger partial charge is 0.394 e. The van der Waals surface area contributed by atoms with Crippen molar-refractivity contribution in [1.82, 2.24) is 15.0 Å². The third-order valence-corrected chi connectivity index (χ3v) is 7.31. The van der Waals surface area contributed by atoms with Crippen LogP contribution in [0.4, 0.5) is 5.82 Å². The van der Waals surface area contributed by atoms with Gasteiger partial charge in [0.1, 0.15) is 10.6 Å². The second-order valence-corrected chi connectivity index (χ2v) is 10.6. The van der Waals surface area contributed by atoms with Crippen molar-refractivity contribution in [2.75, 3.05) is 18.2 Å². The zero-order valence-corrected chi connectivity index (χ0v) is 20.1. The van der Waals surface area contributed by atoms with Crippen molar-refractivity contribution in [2.24, 2.45) is 0 Å². The Morgan fingerprint density at radius 3 is 2.63 bits per heavy atom. The highest BCUT2D eigenvalue weighted by Gasteiger charge is 2.32. The molecule has 30 heavy (non-hydrogen) atoms. The quantitative estimate of drug-likeness (QED) is 0.402. The van der Waals surface area contributed by atoms with Crippen molar-refractivity contribution in [2.45, 2.75) is 76.8 Å². The fourth-order valence-electron chi connectivity index (χ4n) is 4.02. The summed E-state index contributed by atoms with van der Waals surface area (Å²) in [7, 11) is 0. The highest BCUT2D eigenvalue weighted by Crippen LogP contribution is 2.44. The Morgan fingerprint density at radius 2 is 2.00 bits per heavy atom. The van der Waals surface area contributed by atoms with Gasteiger partial charge in [-0.05, 0) is 38.0 Å². The maximum atomic E-state index is 9.70. The summed E-state index contributed by atoms with van der Waals surface area (Å²) < 4.78 is 7.17. The van der Waals surface area contributed by atoms with E-state index in [1.165, 1.54) is 22.9 Å². The number of nitrogens with zero attached hydrogens (tertiary/aromatic N) is 3. The summed E-state index contributed by atoms with van der Waals surface area (Å²) in [6, 6.07) is -0.0385. The van der Waals surface area contributed by atoms with Crippen molar-refractivity contribution >= 4 is 49.3 Å². The van der Waals surface area contributed by atoms with Gasteiger partial charge in [0, 0.05) is 17.4 Å². The standard InChI is InChI=1S/C22H30N4O2S2/c1-7-12(9-27)23-19-18-17(25-21(26-19)29-6)15-13-8-22(4,5)28-10-14(13)16(11(2)3)24-20(15)30-18/h11-12,27H,7-10H2,1-6H3,(H,23,25,26)/t12-/m1/s1. The van der Waals surface area contributed by atoms with Gasteiger partial charge in [-0.3, -0.25) is 0 Å². The first kappa shape index (κ1) is 21.7. The maximum Gasteiger partial charge on any atom is 0.189 e. The van der Waals surface area contributed by atoms with Crippen LogP contribution in [0.15, 0.2) is 5.16 Å². The molecular weight excluding hydrogens is 416 g/mol. The van der Waals surface area contributed by atoms with E-state index in [4.69, 9.17) is 19.7 Å². The first-order valence-electron chi connectivity index (χ1n) is 10.5. The maximum absolute atomic E-state index is 9.70. The van der Waals surface area contributed by atoms with Crippen molar-refractivity contribution in [3.63, 3.8) is 0 Å². The molecule has 0 fully saturated rings. The molecule has 0 radical (unpaired) electrons. The molecule has 4 heterocycles. The fraction of sp³-hybridized carbons (Fsp3) is 0.591. The summed E-state index contributed by atoms with van der Waals surface area (Å²) in [5, 5.41) is 15.0. The monoisotopic (exact) mass is 446 g/mol. The highest BCUT2D eigenvalue weighted by atomic mass is 32.2. The van der Waals surface area contributed by atoms with Crippen molar-refractivity contribution < 1.29 is 9.84 Å². The number of hydrogen-bond donors (Lipinski definition) is 2. The van der Waals surface area contributed by atoms with Crippen LogP contribution < -0.4 is 5.32 Å². The van der Waals surface area contributed by atoms with Gasteiger partial charge in [-0.2, -0.15) is 0 Å². The molecule has 3 aromatic heterocycles. The van der Waals surface area contributed by atoms with Gasteiger partial charge in [-0.15, -0.1) is 11.3 Å². The van der Waals surface area contributed by atoms with E-state index in [1.54, 1.807) is 11.3 Å². The first-order chi connectivity index (χ1) is 14.3. The number of anilines is 1. The molecule has 4 rings (SSSR count). The van der Waals surface area contributed by atoms with Crippen LogP contribution in [0, 0.1) is 0 Å². The number of hydrogen-bond acceptors (Lipinski definition) is 8. The smallest absolute Gasteiger partial charge is 0.189 e. The predicted octanol–water partition coefficient (Wildman–Crippen LogP) is 5.12. The van der Waals surface area contributed by atoms with Gasteiger partial charge in [-0.1, -0.05) is 32.5 Å². The van der Waals surface area contributed by atoms with Crippen LogP contribution >= 0.6 is 23.1 Å². The molecule has 1 aliphatic heterocycles. The molecule has 1 atom stereocenters. The van der Waals surface area contributed by atoms with E-state index in [0.29, 0.717) is 12.5 Å². The number of aromatic nitrogens is 3. The Kier molecular flexibility index (Phi) is 5.96. The van der Waals surface area contributed by atoms with Gasteiger partial charge < -0.3 is 15.2 Å². The summed E-state index contributed by atoms with van der Waals surface area (Å²) in [6.07, 6.45) is 3.64. The van der Waals surface area contributed by atoms with Gasteiger partial charge >= 0.3 is 0 Å². The topological polar surface area (TPSA) is 80.2 Å². The Bertz CT molecular complexity index is 1090. The Morgan fingerprint density at radius 1 is 1.23 bits per heavy atom. The lowest BCUT2D eigenvalue weighted by Crippen LogP contribution is -2.33. The fourth-order valence-corrected chi connectivity index (χ4v) is 5.49. The Balaban J connectivity index is 2.04. The minimum Gasteiger partial charge on any atom is -0.394 e. The van der Waals surface area contributed by atoms with Crippen LogP contribution in [0.25, 0.3) is 20.4 Å². The van der Waals surface area contributed by atoms with Gasteiger partial charge in [0.05, 0.1) is 40.8 Å². The molecule has 0 spiro atoms. The molecule has 3 aromatic rings. The van der Waals surface area contributed by atoms with Gasteiger partial charge in [0.2, 0.25) is 0 Å². The Labute approximate surface area is 185 Å². The summed E-state index contributed by atoms with van der Waals surface area (Å²) in [6.45, 7) is 11.4. The third-order valence-electron chi connectivity index (χ3n) is 5.68. The zero-order valence-electron chi connectivity index (χ0n) is 18.5. The highest BCUT2D eigenvalue weighted by molar-refractivity contribution is 7.98. The summed E-state index contributed by atoms with van der Waals surface area (Å²) in [5.74, 6) is 1.11. The summed E-state index contributed by atoms with van der Waals surface area (Å²) in [4.78, 5) is 15.7. The lowest BCUT2D eigenvalue weighted by molar-refractivity contribution is -0.0402. The second-order valence-electron chi connectivity index (χ2n) is 8.78. The van der Waals surface area contributed by atoms with Crippen molar-refractivity contribution in [3.05, 3.63) is 16.8 Å². The van der Waals surface area contributed by atoms with Crippen LogP contribution in [0.5, 0.6) is 0 Å². The second kappa shape index (κ2) is 8.22. The number of aliphatic hydroxyl groups excluding tert-OH is 1. The Hall–Kier alpha value is -1.48. The lowest BCUT2D eigenvalue weighted by Gasteiger charge is -2.33. The minimum absolute atomic E-state index is 0.0385. The molecule has 2 N–H and O–H groups in total. The van der Waals surface area contributed by atoms with Crippen LogP contribution in [-0.4, -0.2) is 44.6 Å². The van der Waals surface area contributed by atoms with Crippen LogP contribution in [0.2, 0.25) is 0 Å². The molecule has 0 bridgehead atoms. The predicted molar refractivity (Wildman–Crippen MR) is 126 cm³/mol. The van der Waals surface area contributed by atoms with E-state index in [-0.39, 0.29) is 18.2 Å². The molecule has 162 valence electrons. The molecule has 8 heteroatoms. The molecular formula is C22H30N4O2S2. The lowest BCUT2D eigenvalue weighted by atomic mass is 9.87. The minimum atomic E-state index is -0.218. The number of thioether (sulfide) groups is 1. The number of thiophene rings is 1. The number of aliphatic hydroxyl groups is 1. The van der Waals surface area contributed by atoms with E-state index in [0.717, 1.165) is 49.9 Å². The number of ether oxygens (including phenoxy) is 1. The average molecular weight is 447 g/mol. The molecule has 0 aliphatic carbocycles. The van der Waals surface area contributed by atoms with E-state index in [1.807, 2.05) is 6.26 Å².